The summed E-state index contributed by atoms with van der Waals surface area (Å²) in [5.41, 5.74) is 1.17. The van der Waals surface area contributed by atoms with E-state index in [0.717, 1.165) is 16.9 Å². The molecule has 3 aromatic rings. The SMILES string of the molecule is CCOC(=O)c1sc2nc(C=Cc3ccc(OC)c(OCC)c3)[nH]c(=O)c2c1C. The fourth-order valence-corrected chi connectivity index (χ4v) is 3.95. The van der Waals surface area contributed by atoms with Crippen LogP contribution in [0, 0.1) is 6.92 Å². The summed E-state index contributed by atoms with van der Waals surface area (Å²) >= 11 is 1.16. The minimum Gasteiger partial charge on any atom is -0.493 e. The van der Waals surface area contributed by atoms with Crippen molar-refractivity contribution in [2.75, 3.05) is 20.3 Å². The summed E-state index contributed by atoms with van der Waals surface area (Å²) in [5.74, 6) is 1.25. The number of aryl methyl sites for hydroxylation is 1. The summed E-state index contributed by atoms with van der Waals surface area (Å²) in [6, 6.07) is 5.55. The van der Waals surface area contributed by atoms with Crippen molar-refractivity contribution in [3.8, 4) is 11.5 Å². The molecule has 0 bridgehead atoms. The van der Waals surface area contributed by atoms with Crippen molar-refractivity contribution < 1.29 is 19.0 Å². The van der Waals surface area contributed by atoms with E-state index >= 15 is 0 Å². The highest BCUT2D eigenvalue weighted by molar-refractivity contribution is 7.20. The van der Waals surface area contributed by atoms with Crippen LogP contribution in [0.5, 0.6) is 11.5 Å². The van der Waals surface area contributed by atoms with Crippen LogP contribution in [-0.4, -0.2) is 36.3 Å². The van der Waals surface area contributed by atoms with Crippen molar-refractivity contribution >= 4 is 39.7 Å². The molecule has 0 saturated heterocycles. The Balaban J connectivity index is 1.96. The van der Waals surface area contributed by atoms with E-state index in [1.807, 2.05) is 31.2 Å². The largest absolute Gasteiger partial charge is 0.493 e. The molecule has 7 nitrogen and oxygen atoms in total. The molecule has 1 N–H and O–H groups in total. The number of benzene rings is 1. The Hall–Kier alpha value is -3.13. The molecule has 0 aliphatic carbocycles. The fourth-order valence-electron chi connectivity index (χ4n) is 2.87. The number of nitrogens with zero attached hydrogens (tertiary/aromatic N) is 1. The van der Waals surface area contributed by atoms with E-state index in [4.69, 9.17) is 14.2 Å². The molecule has 29 heavy (non-hydrogen) atoms. The Morgan fingerprint density at radius 3 is 2.69 bits per heavy atom. The van der Waals surface area contributed by atoms with E-state index in [1.165, 1.54) is 0 Å². The molecule has 8 heteroatoms. The average Bonchev–Trinajstić information content (AvgIpc) is 3.04. The fraction of sp³-hybridized carbons (Fsp3) is 0.286. The van der Waals surface area contributed by atoms with Gasteiger partial charge in [-0.05, 0) is 50.1 Å². The number of hydrogen-bond donors (Lipinski definition) is 1. The van der Waals surface area contributed by atoms with Crippen LogP contribution < -0.4 is 15.0 Å². The number of esters is 1. The van der Waals surface area contributed by atoms with Gasteiger partial charge >= 0.3 is 5.97 Å². The van der Waals surface area contributed by atoms with E-state index < -0.39 is 5.97 Å². The van der Waals surface area contributed by atoms with Crippen molar-refractivity contribution in [2.24, 2.45) is 0 Å². The minimum atomic E-state index is -0.439. The Bertz CT molecular complexity index is 1130. The van der Waals surface area contributed by atoms with E-state index in [1.54, 1.807) is 27.0 Å². The number of H-pyrrole nitrogens is 1. The smallest absolute Gasteiger partial charge is 0.348 e. The molecule has 0 fully saturated rings. The van der Waals surface area contributed by atoms with Gasteiger partial charge in [-0.2, -0.15) is 0 Å². The molecule has 0 aliphatic rings. The second-order valence-electron chi connectivity index (χ2n) is 6.08. The van der Waals surface area contributed by atoms with Gasteiger partial charge in [0.05, 0.1) is 25.7 Å². The molecule has 2 heterocycles. The Labute approximate surface area is 172 Å². The Kier molecular flexibility index (Phi) is 6.33. The van der Waals surface area contributed by atoms with Crippen molar-refractivity contribution in [3.63, 3.8) is 0 Å². The highest BCUT2D eigenvalue weighted by Gasteiger charge is 2.19. The third-order valence-corrected chi connectivity index (χ3v) is 5.37. The molecular formula is C21H22N2O5S. The molecule has 0 atom stereocenters. The highest BCUT2D eigenvalue weighted by atomic mass is 32.1. The molecule has 3 rings (SSSR count). The lowest BCUT2D eigenvalue weighted by Gasteiger charge is -2.09. The first-order valence-electron chi connectivity index (χ1n) is 9.17. The van der Waals surface area contributed by atoms with Crippen molar-refractivity contribution in [1.82, 2.24) is 9.97 Å². The van der Waals surface area contributed by atoms with Gasteiger partial charge in [-0.3, -0.25) is 4.79 Å². The lowest BCUT2D eigenvalue weighted by atomic mass is 10.2. The zero-order chi connectivity index (χ0) is 21.0. The van der Waals surface area contributed by atoms with Gasteiger partial charge < -0.3 is 19.2 Å². The predicted octanol–water partition coefficient (Wildman–Crippen LogP) is 4.05. The number of hydrogen-bond acceptors (Lipinski definition) is 7. The van der Waals surface area contributed by atoms with Gasteiger partial charge in [-0.1, -0.05) is 12.1 Å². The maximum Gasteiger partial charge on any atom is 0.348 e. The average molecular weight is 414 g/mol. The lowest BCUT2D eigenvalue weighted by Crippen LogP contribution is -2.10. The molecule has 0 aliphatic heterocycles. The molecule has 0 radical (unpaired) electrons. The van der Waals surface area contributed by atoms with Crippen molar-refractivity contribution in [2.45, 2.75) is 20.8 Å². The molecule has 0 spiro atoms. The number of aromatic nitrogens is 2. The van der Waals surface area contributed by atoms with E-state index in [-0.39, 0.29) is 12.2 Å². The quantitative estimate of drug-likeness (QED) is 0.587. The third kappa shape index (κ3) is 4.32. The second-order valence-corrected chi connectivity index (χ2v) is 7.08. The number of fused-ring (bicyclic) bond motifs is 1. The van der Waals surface area contributed by atoms with E-state index in [9.17, 15) is 9.59 Å². The molecule has 152 valence electrons. The molecule has 0 unspecified atom stereocenters. The summed E-state index contributed by atoms with van der Waals surface area (Å²) in [4.78, 5) is 32.8. The van der Waals surface area contributed by atoms with Crippen LogP contribution in [0.3, 0.4) is 0 Å². The van der Waals surface area contributed by atoms with Gasteiger partial charge in [0, 0.05) is 0 Å². The minimum absolute atomic E-state index is 0.274. The molecular weight excluding hydrogens is 392 g/mol. The summed E-state index contributed by atoms with van der Waals surface area (Å²) in [7, 11) is 1.59. The molecule has 2 aromatic heterocycles. The Morgan fingerprint density at radius 1 is 1.21 bits per heavy atom. The van der Waals surface area contributed by atoms with Crippen molar-refractivity contribution in [3.05, 3.63) is 50.4 Å². The number of nitrogens with one attached hydrogen (secondary N) is 1. The summed E-state index contributed by atoms with van der Waals surface area (Å²) in [6.45, 7) is 6.17. The zero-order valence-electron chi connectivity index (χ0n) is 16.7. The first-order valence-corrected chi connectivity index (χ1v) is 9.99. The summed E-state index contributed by atoms with van der Waals surface area (Å²) < 4.78 is 15.9. The van der Waals surface area contributed by atoms with Crippen LogP contribution in [0.1, 0.15) is 40.5 Å². The number of rotatable bonds is 7. The normalized spacial score (nSPS) is 11.2. The van der Waals surface area contributed by atoms with Crippen LogP contribution in [0.25, 0.3) is 22.4 Å². The van der Waals surface area contributed by atoms with Gasteiger partial charge in [0.2, 0.25) is 0 Å². The van der Waals surface area contributed by atoms with Gasteiger partial charge in [0.15, 0.2) is 11.5 Å². The number of methoxy groups -OCH3 is 1. The van der Waals surface area contributed by atoms with Crippen molar-refractivity contribution in [1.29, 1.82) is 0 Å². The Morgan fingerprint density at radius 2 is 2.00 bits per heavy atom. The number of ether oxygens (including phenoxy) is 3. The zero-order valence-corrected chi connectivity index (χ0v) is 17.5. The van der Waals surface area contributed by atoms with E-state index in [2.05, 4.69) is 9.97 Å². The topological polar surface area (TPSA) is 90.5 Å². The maximum atomic E-state index is 12.5. The first kappa shape index (κ1) is 20.6. The molecule has 1 aromatic carbocycles. The predicted molar refractivity (Wildman–Crippen MR) is 114 cm³/mol. The standard InChI is InChI=1S/C21H22N2O5S/c1-5-27-15-11-13(7-9-14(15)26-4)8-10-16-22-19(24)17-12(3)18(21(25)28-6-2)29-20(17)23-16/h7-11H,5-6H2,1-4H3,(H,22,23,24). The number of carbonyl (C=O) groups excluding carboxylic acids is 1. The van der Waals surface area contributed by atoms with E-state index in [0.29, 0.717) is 44.6 Å². The van der Waals surface area contributed by atoms with Gasteiger partial charge in [-0.25, -0.2) is 9.78 Å². The monoisotopic (exact) mass is 414 g/mol. The maximum absolute atomic E-state index is 12.5. The van der Waals surface area contributed by atoms with Crippen LogP contribution in [0.2, 0.25) is 0 Å². The number of carbonyl (C=O) groups is 1. The second kappa shape index (κ2) is 8.91. The first-order chi connectivity index (χ1) is 14.0. The molecule has 0 amide bonds. The third-order valence-electron chi connectivity index (χ3n) is 4.20. The van der Waals surface area contributed by atoms with Crippen LogP contribution >= 0.6 is 11.3 Å². The summed E-state index contributed by atoms with van der Waals surface area (Å²) in [6.07, 6.45) is 3.52. The number of aromatic amines is 1. The van der Waals surface area contributed by atoms with Crippen LogP contribution in [0.4, 0.5) is 0 Å². The lowest BCUT2D eigenvalue weighted by molar-refractivity contribution is 0.0531. The highest BCUT2D eigenvalue weighted by Crippen LogP contribution is 2.29. The number of thiophene rings is 1. The molecule has 0 saturated carbocycles. The van der Waals surface area contributed by atoms with Crippen LogP contribution in [0.15, 0.2) is 23.0 Å². The summed E-state index contributed by atoms with van der Waals surface area (Å²) in [5, 5.41) is 0.415. The van der Waals surface area contributed by atoms with Gasteiger partial charge in [-0.15, -0.1) is 11.3 Å². The van der Waals surface area contributed by atoms with Gasteiger partial charge in [0.1, 0.15) is 15.5 Å². The van der Waals surface area contributed by atoms with Crippen LogP contribution in [-0.2, 0) is 4.74 Å². The van der Waals surface area contributed by atoms with Gasteiger partial charge in [0.25, 0.3) is 5.56 Å².